The van der Waals surface area contributed by atoms with Gasteiger partial charge in [-0.25, -0.2) is 4.68 Å². The van der Waals surface area contributed by atoms with E-state index in [1.54, 1.807) is 0 Å². The Morgan fingerprint density at radius 2 is 0.979 bits per heavy atom. The van der Waals surface area contributed by atoms with E-state index in [-0.39, 0.29) is 5.41 Å². The highest BCUT2D eigenvalue weighted by molar-refractivity contribution is 5.89. The molecule has 0 N–H and O–H groups in total. The number of benzene rings is 6. The Kier molecular flexibility index (Phi) is 6.05. The number of rotatable bonds is 4. The number of para-hydroxylation sites is 8. The molecule has 0 saturated carbocycles. The molecule has 0 radical (unpaired) electrons. The summed E-state index contributed by atoms with van der Waals surface area (Å²) in [6.07, 6.45) is 2.01. The third-order valence-corrected chi connectivity index (χ3v) is 9.35. The van der Waals surface area contributed by atoms with Crippen LogP contribution in [0.1, 0.15) is 25.0 Å². The standard InChI is InChI=1S/C41H31N5O/c1-41(2)30-13-3-5-15-33(30)46(34-16-6-4-14-31(34)41)36-18-8-7-17-35(36)44-27-32(42-43-44)28-23-25-29(26-24-28)45-37-19-9-11-21-39(37)47-40-22-12-10-20-38(40)45/h3-27H,1-2H3. The highest BCUT2D eigenvalue weighted by atomic mass is 16.5. The molecule has 0 aliphatic carbocycles. The maximum absolute atomic E-state index is 6.20. The van der Waals surface area contributed by atoms with Gasteiger partial charge in [-0.1, -0.05) is 104 Å². The molecule has 3 heterocycles. The average molecular weight is 610 g/mol. The highest BCUT2D eigenvalue weighted by Gasteiger charge is 2.37. The van der Waals surface area contributed by atoms with Gasteiger partial charge in [0.15, 0.2) is 11.5 Å². The van der Waals surface area contributed by atoms with Gasteiger partial charge < -0.3 is 14.5 Å². The highest BCUT2D eigenvalue weighted by Crippen LogP contribution is 2.53. The summed E-state index contributed by atoms with van der Waals surface area (Å²) in [7, 11) is 0. The van der Waals surface area contributed by atoms with Crippen LogP contribution in [0.2, 0.25) is 0 Å². The van der Waals surface area contributed by atoms with Gasteiger partial charge >= 0.3 is 0 Å². The van der Waals surface area contributed by atoms with E-state index in [0.29, 0.717) is 0 Å². The van der Waals surface area contributed by atoms with E-state index >= 15 is 0 Å². The van der Waals surface area contributed by atoms with E-state index < -0.39 is 0 Å². The van der Waals surface area contributed by atoms with E-state index in [2.05, 4.69) is 143 Å². The summed E-state index contributed by atoms with van der Waals surface area (Å²) in [6, 6.07) is 50.5. The first-order valence-electron chi connectivity index (χ1n) is 15.9. The fraction of sp³-hybridized carbons (Fsp3) is 0.0732. The van der Waals surface area contributed by atoms with Gasteiger partial charge in [-0.2, -0.15) is 0 Å². The summed E-state index contributed by atoms with van der Waals surface area (Å²) in [4.78, 5) is 4.60. The van der Waals surface area contributed by atoms with Crippen LogP contribution in [0.15, 0.2) is 152 Å². The third-order valence-electron chi connectivity index (χ3n) is 9.35. The first kappa shape index (κ1) is 27.2. The molecule has 226 valence electrons. The largest absolute Gasteiger partial charge is 0.453 e. The van der Waals surface area contributed by atoms with Gasteiger partial charge in [0.2, 0.25) is 0 Å². The molecule has 0 fully saturated rings. The van der Waals surface area contributed by atoms with Gasteiger partial charge in [-0.15, -0.1) is 5.10 Å². The molecule has 6 nitrogen and oxygen atoms in total. The summed E-state index contributed by atoms with van der Waals surface area (Å²) < 4.78 is 8.09. The van der Waals surface area contributed by atoms with Crippen molar-refractivity contribution in [3.63, 3.8) is 0 Å². The molecular formula is C41H31N5O. The topological polar surface area (TPSA) is 46.4 Å². The van der Waals surface area contributed by atoms with Gasteiger partial charge in [0.05, 0.1) is 40.3 Å². The Morgan fingerprint density at radius 1 is 0.489 bits per heavy atom. The molecule has 2 aliphatic rings. The second kappa shape index (κ2) is 10.5. The van der Waals surface area contributed by atoms with E-state index in [1.165, 1.54) is 22.5 Å². The van der Waals surface area contributed by atoms with Crippen molar-refractivity contribution in [3.05, 3.63) is 163 Å². The number of aromatic nitrogens is 3. The average Bonchev–Trinajstić information content (AvgIpc) is 3.62. The van der Waals surface area contributed by atoms with Crippen molar-refractivity contribution in [1.29, 1.82) is 0 Å². The Bertz CT molecular complexity index is 2190. The minimum Gasteiger partial charge on any atom is -0.453 e. The molecule has 47 heavy (non-hydrogen) atoms. The first-order chi connectivity index (χ1) is 23.1. The lowest BCUT2D eigenvalue weighted by molar-refractivity contribution is 0.477. The zero-order valence-corrected chi connectivity index (χ0v) is 26.1. The van der Waals surface area contributed by atoms with Gasteiger partial charge in [0, 0.05) is 16.7 Å². The summed E-state index contributed by atoms with van der Waals surface area (Å²) in [5, 5.41) is 9.28. The van der Waals surface area contributed by atoms with Crippen LogP contribution in [0.5, 0.6) is 11.5 Å². The summed E-state index contributed by atoms with van der Waals surface area (Å²) in [6.45, 7) is 4.61. The van der Waals surface area contributed by atoms with Crippen molar-refractivity contribution in [3.8, 4) is 28.4 Å². The molecule has 7 aromatic rings. The minimum absolute atomic E-state index is 0.128. The molecule has 0 bridgehead atoms. The van der Waals surface area contributed by atoms with Crippen LogP contribution in [-0.4, -0.2) is 15.0 Å². The van der Waals surface area contributed by atoms with E-state index in [9.17, 15) is 0 Å². The number of nitrogens with zero attached hydrogens (tertiary/aromatic N) is 5. The van der Waals surface area contributed by atoms with Crippen molar-refractivity contribution in [2.45, 2.75) is 19.3 Å². The Hall–Kier alpha value is -6.14. The summed E-state index contributed by atoms with van der Waals surface area (Å²) in [5.74, 6) is 1.67. The number of anilines is 6. The molecule has 0 atom stereocenters. The van der Waals surface area contributed by atoms with Gasteiger partial charge in [-0.05, 0) is 71.8 Å². The number of fused-ring (bicyclic) bond motifs is 4. The predicted octanol–water partition coefficient (Wildman–Crippen LogP) is 10.6. The molecule has 0 unspecified atom stereocenters. The zero-order chi connectivity index (χ0) is 31.5. The smallest absolute Gasteiger partial charge is 0.151 e. The van der Waals surface area contributed by atoms with E-state index in [1.807, 2.05) is 47.3 Å². The maximum atomic E-state index is 6.20. The van der Waals surface area contributed by atoms with Crippen LogP contribution < -0.4 is 14.5 Å². The molecule has 0 amide bonds. The van der Waals surface area contributed by atoms with Crippen LogP contribution in [0.4, 0.5) is 34.1 Å². The second-order valence-corrected chi connectivity index (χ2v) is 12.5. The Labute approximate surface area is 273 Å². The lowest BCUT2D eigenvalue weighted by atomic mass is 9.73. The number of hydrogen-bond acceptors (Lipinski definition) is 5. The third kappa shape index (κ3) is 4.26. The number of ether oxygens (including phenoxy) is 1. The van der Waals surface area contributed by atoms with Crippen LogP contribution in [0.25, 0.3) is 16.9 Å². The summed E-state index contributed by atoms with van der Waals surface area (Å²) >= 11 is 0. The monoisotopic (exact) mass is 609 g/mol. The fourth-order valence-electron chi connectivity index (χ4n) is 7.05. The first-order valence-corrected chi connectivity index (χ1v) is 15.9. The summed E-state index contributed by atoms with van der Waals surface area (Å²) in [5.41, 5.74) is 11.6. The van der Waals surface area contributed by atoms with Crippen LogP contribution >= 0.6 is 0 Å². The molecular weight excluding hydrogens is 578 g/mol. The predicted molar refractivity (Wildman–Crippen MR) is 188 cm³/mol. The second-order valence-electron chi connectivity index (χ2n) is 12.5. The minimum atomic E-state index is -0.128. The lowest BCUT2D eigenvalue weighted by Gasteiger charge is -2.42. The maximum Gasteiger partial charge on any atom is 0.151 e. The number of hydrogen-bond donors (Lipinski definition) is 0. The van der Waals surface area contributed by atoms with Gasteiger partial charge in [-0.3, -0.25) is 0 Å². The fourth-order valence-corrected chi connectivity index (χ4v) is 7.05. The van der Waals surface area contributed by atoms with E-state index in [4.69, 9.17) is 4.74 Å². The Balaban J connectivity index is 1.09. The zero-order valence-electron chi connectivity index (χ0n) is 26.1. The molecule has 1 aromatic heterocycles. The van der Waals surface area contributed by atoms with Crippen molar-refractivity contribution in [2.24, 2.45) is 0 Å². The quantitative estimate of drug-likeness (QED) is 0.199. The molecule has 2 aliphatic heterocycles. The van der Waals surface area contributed by atoms with Gasteiger partial charge in [0.1, 0.15) is 5.69 Å². The molecule has 6 aromatic carbocycles. The van der Waals surface area contributed by atoms with Crippen molar-refractivity contribution < 1.29 is 4.74 Å². The van der Waals surface area contributed by atoms with Crippen molar-refractivity contribution >= 4 is 34.1 Å². The Morgan fingerprint density at radius 3 is 1.57 bits per heavy atom. The van der Waals surface area contributed by atoms with Gasteiger partial charge in [0.25, 0.3) is 0 Å². The van der Waals surface area contributed by atoms with Crippen molar-refractivity contribution in [1.82, 2.24) is 15.0 Å². The normalized spacial score (nSPS) is 14.0. The molecule has 6 heteroatoms. The molecule has 0 spiro atoms. The molecule has 0 saturated heterocycles. The lowest BCUT2D eigenvalue weighted by Crippen LogP contribution is -2.30. The van der Waals surface area contributed by atoms with Crippen LogP contribution in [-0.2, 0) is 5.41 Å². The van der Waals surface area contributed by atoms with E-state index in [0.717, 1.165) is 51.2 Å². The molecule has 9 rings (SSSR count). The van der Waals surface area contributed by atoms with Crippen LogP contribution in [0, 0.1) is 0 Å². The SMILES string of the molecule is CC1(C)c2ccccc2N(c2ccccc2-n2cc(-c3ccc(N4c5ccccc5Oc5ccccc54)cc3)nn2)c2ccccc21. The van der Waals surface area contributed by atoms with Crippen molar-refractivity contribution in [2.75, 3.05) is 9.80 Å². The van der Waals surface area contributed by atoms with Crippen LogP contribution in [0.3, 0.4) is 0 Å².